The molecule has 2 N–H and O–H groups in total. The van der Waals surface area contributed by atoms with Gasteiger partial charge < -0.3 is 10.2 Å². The summed E-state index contributed by atoms with van der Waals surface area (Å²) < 4.78 is 1.54. The Balaban J connectivity index is 1.71. The third-order valence-corrected chi connectivity index (χ3v) is 5.91. The van der Waals surface area contributed by atoms with E-state index in [2.05, 4.69) is 6.07 Å². The zero-order chi connectivity index (χ0) is 15.0. The van der Waals surface area contributed by atoms with Crippen molar-refractivity contribution >= 4 is 0 Å². The summed E-state index contributed by atoms with van der Waals surface area (Å²) in [5, 5.41) is 30.4. The van der Waals surface area contributed by atoms with Crippen molar-refractivity contribution in [1.82, 2.24) is 4.57 Å². The van der Waals surface area contributed by atoms with Gasteiger partial charge in [0.1, 0.15) is 0 Å². The molecule has 1 aromatic carbocycles. The fraction of sp³-hybridized carbons (Fsp3) is 0.389. The summed E-state index contributed by atoms with van der Waals surface area (Å²) in [6, 6.07) is 9.04. The van der Waals surface area contributed by atoms with Crippen molar-refractivity contribution in [2.75, 3.05) is 0 Å². The molecule has 2 saturated carbocycles. The van der Waals surface area contributed by atoms with Crippen molar-refractivity contribution in [2.24, 2.45) is 11.8 Å². The molecule has 1 heterocycles. The zero-order valence-electron chi connectivity index (χ0n) is 12.0. The zero-order valence-corrected chi connectivity index (χ0v) is 12.0. The third-order valence-electron chi connectivity index (χ3n) is 5.91. The van der Waals surface area contributed by atoms with Crippen LogP contribution in [0.15, 0.2) is 24.3 Å². The summed E-state index contributed by atoms with van der Waals surface area (Å²) in [4.78, 5) is 0. The fourth-order valence-corrected chi connectivity index (χ4v) is 4.91. The highest BCUT2D eigenvalue weighted by Crippen LogP contribution is 2.70. The summed E-state index contributed by atoms with van der Waals surface area (Å²) in [6.07, 6.45) is 3.51. The van der Waals surface area contributed by atoms with Crippen LogP contribution in [0.4, 0.5) is 0 Å². The van der Waals surface area contributed by atoms with Crippen molar-refractivity contribution in [3.63, 3.8) is 0 Å². The Morgan fingerprint density at radius 2 is 1.50 bits per heavy atom. The van der Waals surface area contributed by atoms with Crippen LogP contribution in [0.2, 0.25) is 0 Å². The molecule has 22 heavy (non-hydrogen) atoms. The van der Waals surface area contributed by atoms with Crippen molar-refractivity contribution < 1.29 is 10.2 Å². The first-order valence-electron chi connectivity index (χ1n) is 7.87. The van der Waals surface area contributed by atoms with Crippen LogP contribution in [0.25, 0.3) is 5.69 Å². The van der Waals surface area contributed by atoms with Crippen LogP contribution in [0.5, 0.6) is 11.8 Å². The molecule has 6 rings (SSSR count). The number of nitriles is 1. The Morgan fingerprint density at radius 1 is 0.955 bits per heavy atom. The number of hydrogen-bond acceptors (Lipinski definition) is 3. The SMILES string of the molecule is N#Cc1ccc(-n2c(O)c3c(c2O)[C@@H]2CC[C@H]3[C@H]3C[C@H]32)cc1. The second-order valence-corrected chi connectivity index (χ2v) is 6.82. The molecule has 4 atom stereocenters. The van der Waals surface area contributed by atoms with E-state index in [4.69, 9.17) is 5.26 Å². The minimum atomic E-state index is 0.192. The molecule has 0 unspecified atom stereocenters. The summed E-state index contributed by atoms with van der Waals surface area (Å²) in [5.74, 6) is 2.64. The Kier molecular flexibility index (Phi) is 2.14. The Bertz CT molecular complexity index is 789. The lowest BCUT2D eigenvalue weighted by Crippen LogP contribution is -2.22. The molecule has 0 radical (unpaired) electrons. The van der Waals surface area contributed by atoms with E-state index in [9.17, 15) is 10.2 Å². The molecular formula is C18H16N2O2. The lowest BCUT2D eigenvalue weighted by molar-refractivity contribution is 0.322. The maximum absolute atomic E-state index is 10.7. The average molecular weight is 292 g/mol. The van der Waals surface area contributed by atoms with Gasteiger partial charge in [0, 0.05) is 11.1 Å². The number of hydrogen-bond donors (Lipinski definition) is 2. The first-order valence-corrected chi connectivity index (χ1v) is 7.87. The molecule has 2 fully saturated rings. The summed E-state index contributed by atoms with van der Waals surface area (Å²) in [6.45, 7) is 0. The lowest BCUT2D eigenvalue weighted by Gasteiger charge is -2.35. The van der Waals surface area contributed by atoms with E-state index in [0.29, 0.717) is 34.9 Å². The second-order valence-electron chi connectivity index (χ2n) is 6.82. The van der Waals surface area contributed by atoms with Crippen LogP contribution in [-0.4, -0.2) is 14.8 Å². The van der Waals surface area contributed by atoms with Gasteiger partial charge in [0.05, 0.1) is 17.3 Å². The van der Waals surface area contributed by atoms with Crippen LogP contribution in [0.1, 0.15) is 47.8 Å². The predicted molar refractivity (Wildman–Crippen MR) is 80.1 cm³/mol. The Morgan fingerprint density at radius 3 is 2.00 bits per heavy atom. The van der Waals surface area contributed by atoms with Crippen molar-refractivity contribution in [3.05, 3.63) is 41.0 Å². The number of aromatic hydroxyl groups is 2. The molecule has 1 aromatic heterocycles. The molecule has 4 aliphatic carbocycles. The molecular weight excluding hydrogens is 276 g/mol. The van der Waals surface area contributed by atoms with E-state index in [-0.39, 0.29) is 11.8 Å². The van der Waals surface area contributed by atoms with E-state index < -0.39 is 0 Å². The quantitative estimate of drug-likeness (QED) is 0.846. The molecule has 4 heteroatoms. The monoisotopic (exact) mass is 292 g/mol. The normalized spacial score (nSPS) is 30.5. The summed E-state index contributed by atoms with van der Waals surface area (Å²) >= 11 is 0. The number of aromatic nitrogens is 1. The first kappa shape index (κ1) is 12.2. The minimum Gasteiger partial charge on any atom is -0.494 e. The molecule has 2 bridgehead atoms. The van der Waals surface area contributed by atoms with E-state index in [1.165, 1.54) is 6.42 Å². The van der Waals surface area contributed by atoms with Gasteiger partial charge in [-0.15, -0.1) is 0 Å². The molecule has 0 spiro atoms. The molecule has 0 saturated heterocycles. The first-order chi connectivity index (χ1) is 10.7. The van der Waals surface area contributed by atoms with Crippen LogP contribution in [0.3, 0.4) is 0 Å². The Hall–Kier alpha value is -2.41. The standard InChI is InChI=1S/C18H16N2O2/c19-8-9-1-3-10(4-2-9)20-17(21)15-11-5-6-12(14-7-13(11)14)16(15)18(20)22/h1-4,11-14,21-22H,5-7H2/t11-,12+,13+,14-. The smallest absolute Gasteiger partial charge is 0.202 e. The largest absolute Gasteiger partial charge is 0.494 e. The highest BCUT2D eigenvalue weighted by atomic mass is 16.3. The van der Waals surface area contributed by atoms with Gasteiger partial charge in [-0.25, -0.2) is 0 Å². The van der Waals surface area contributed by atoms with Gasteiger partial charge in [0.25, 0.3) is 0 Å². The summed E-state index contributed by atoms with van der Waals surface area (Å²) in [7, 11) is 0. The van der Waals surface area contributed by atoms with E-state index in [1.807, 2.05) is 0 Å². The maximum Gasteiger partial charge on any atom is 0.202 e. The molecule has 4 aliphatic rings. The van der Waals surface area contributed by atoms with Crippen molar-refractivity contribution in [3.8, 4) is 23.5 Å². The number of nitrogens with zero attached hydrogens (tertiary/aromatic N) is 2. The number of fused-ring (bicyclic) bond motifs is 1. The van der Waals surface area contributed by atoms with Crippen molar-refractivity contribution in [2.45, 2.75) is 31.1 Å². The molecule has 110 valence electrons. The van der Waals surface area contributed by atoms with E-state index in [0.717, 1.165) is 24.0 Å². The minimum absolute atomic E-state index is 0.192. The molecule has 2 aromatic rings. The maximum atomic E-state index is 10.7. The Labute approximate surface area is 128 Å². The topological polar surface area (TPSA) is 69.2 Å². The highest BCUT2D eigenvalue weighted by Gasteiger charge is 2.58. The molecule has 0 amide bonds. The average Bonchev–Trinajstić information content (AvgIpc) is 3.32. The molecule has 0 aliphatic heterocycles. The van der Waals surface area contributed by atoms with Gasteiger partial charge in [0.15, 0.2) is 0 Å². The summed E-state index contributed by atoms with van der Waals surface area (Å²) in [5.41, 5.74) is 3.24. The van der Waals surface area contributed by atoms with Gasteiger partial charge in [-0.3, -0.25) is 4.57 Å². The predicted octanol–water partition coefficient (Wildman–Crippen LogP) is 3.37. The highest BCUT2D eigenvalue weighted by molar-refractivity contribution is 5.59. The third kappa shape index (κ3) is 1.32. The lowest BCUT2D eigenvalue weighted by atomic mass is 9.68. The molecule has 4 nitrogen and oxygen atoms in total. The number of rotatable bonds is 1. The van der Waals surface area contributed by atoms with E-state index in [1.54, 1.807) is 28.8 Å². The fourth-order valence-electron chi connectivity index (χ4n) is 4.91. The number of benzene rings is 1. The van der Waals surface area contributed by atoms with Crippen LogP contribution < -0.4 is 0 Å². The van der Waals surface area contributed by atoms with E-state index >= 15 is 0 Å². The van der Waals surface area contributed by atoms with Gasteiger partial charge in [-0.2, -0.15) is 5.26 Å². The van der Waals surface area contributed by atoms with Crippen LogP contribution in [0, 0.1) is 23.2 Å². The second kappa shape index (κ2) is 3.86. The van der Waals surface area contributed by atoms with Crippen molar-refractivity contribution in [1.29, 1.82) is 5.26 Å². The van der Waals surface area contributed by atoms with Gasteiger partial charge in [-0.05, 0) is 67.2 Å². The van der Waals surface area contributed by atoms with Gasteiger partial charge in [-0.1, -0.05) is 0 Å². The van der Waals surface area contributed by atoms with Crippen LogP contribution >= 0.6 is 0 Å². The van der Waals surface area contributed by atoms with Gasteiger partial charge in [0.2, 0.25) is 11.8 Å². The van der Waals surface area contributed by atoms with Crippen LogP contribution in [-0.2, 0) is 0 Å². The van der Waals surface area contributed by atoms with Gasteiger partial charge >= 0.3 is 0 Å².